The highest BCUT2D eigenvalue weighted by Gasteiger charge is 2.13. The molecular formula is C15H14F3NOS. The smallest absolute Gasteiger partial charge is 0.167 e. The summed E-state index contributed by atoms with van der Waals surface area (Å²) in [5.41, 5.74) is 5.90. The summed E-state index contributed by atoms with van der Waals surface area (Å²) in [6.45, 7) is 3.53. The Morgan fingerprint density at radius 2 is 1.71 bits per heavy atom. The lowest BCUT2D eigenvalue weighted by atomic mass is 10.3. The van der Waals surface area contributed by atoms with Crippen molar-refractivity contribution in [3.63, 3.8) is 0 Å². The maximum atomic E-state index is 13.7. The molecule has 2 N–H and O–H groups in total. The highest BCUT2D eigenvalue weighted by Crippen LogP contribution is 2.37. The molecule has 112 valence electrons. The Morgan fingerprint density at radius 1 is 1.00 bits per heavy atom. The molecule has 2 rings (SSSR count). The van der Waals surface area contributed by atoms with Gasteiger partial charge in [-0.05, 0) is 32.0 Å². The lowest BCUT2D eigenvalue weighted by Gasteiger charge is -2.13. The van der Waals surface area contributed by atoms with Gasteiger partial charge in [0.05, 0.1) is 6.10 Å². The van der Waals surface area contributed by atoms with Gasteiger partial charge in [0, 0.05) is 27.6 Å². The van der Waals surface area contributed by atoms with Crippen LogP contribution in [0.4, 0.5) is 18.9 Å². The molecule has 0 amide bonds. The number of ether oxygens (including phenoxy) is 1. The van der Waals surface area contributed by atoms with Crippen LogP contribution < -0.4 is 10.5 Å². The average molecular weight is 313 g/mol. The molecule has 0 atom stereocenters. The first kappa shape index (κ1) is 15.6. The van der Waals surface area contributed by atoms with E-state index in [1.165, 1.54) is 12.1 Å². The summed E-state index contributed by atoms with van der Waals surface area (Å²) < 4.78 is 45.6. The number of anilines is 1. The molecule has 0 saturated heterocycles. The molecule has 0 aliphatic carbocycles. The molecule has 21 heavy (non-hydrogen) atoms. The van der Waals surface area contributed by atoms with Gasteiger partial charge in [0.2, 0.25) is 0 Å². The molecule has 2 aromatic rings. The number of hydrogen-bond donors (Lipinski definition) is 1. The summed E-state index contributed by atoms with van der Waals surface area (Å²) in [6.07, 6.45) is -0.205. The van der Waals surface area contributed by atoms with Gasteiger partial charge in [-0.2, -0.15) is 0 Å². The molecule has 6 heteroatoms. The minimum absolute atomic E-state index is 0.0456. The van der Waals surface area contributed by atoms with Crippen LogP contribution in [0.1, 0.15) is 13.8 Å². The Morgan fingerprint density at radius 3 is 2.33 bits per heavy atom. The molecule has 2 nitrogen and oxygen atoms in total. The van der Waals surface area contributed by atoms with Crippen LogP contribution in [0.5, 0.6) is 5.75 Å². The molecule has 0 unspecified atom stereocenters. The standard InChI is InChI=1S/C15H14F3NOS/c1-8(2)20-13-7-15(12(19)6-10(13)17)21-14-4-3-9(16)5-11(14)18/h3-8H,19H2,1-2H3. The maximum absolute atomic E-state index is 13.7. The zero-order valence-electron chi connectivity index (χ0n) is 11.5. The van der Waals surface area contributed by atoms with Crippen molar-refractivity contribution in [2.75, 3.05) is 5.73 Å². The van der Waals surface area contributed by atoms with Crippen LogP contribution in [0, 0.1) is 17.5 Å². The lowest BCUT2D eigenvalue weighted by molar-refractivity contribution is 0.230. The Labute approximate surface area is 125 Å². The summed E-state index contributed by atoms with van der Waals surface area (Å²) in [4.78, 5) is 0.641. The van der Waals surface area contributed by atoms with Crippen molar-refractivity contribution in [3.8, 4) is 5.75 Å². The molecular weight excluding hydrogens is 299 g/mol. The van der Waals surface area contributed by atoms with E-state index in [1.54, 1.807) is 13.8 Å². The monoisotopic (exact) mass is 313 g/mol. The number of halogens is 3. The van der Waals surface area contributed by atoms with Crippen LogP contribution in [0.15, 0.2) is 40.1 Å². The van der Waals surface area contributed by atoms with E-state index in [2.05, 4.69) is 0 Å². The van der Waals surface area contributed by atoms with Gasteiger partial charge in [0.1, 0.15) is 11.6 Å². The number of nitrogen functional groups attached to an aromatic ring is 1. The second-order valence-electron chi connectivity index (χ2n) is 4.66. The van der Waals surface area contributed by atoms with Gasteiger partial charge >= 0.3 is 0 Å². The van der Waals surface area contributed by atoms with Crippen molar-refractivity contribution in [2.45, 2.75) is 29.7 Å². The number of hydrogen-bond acceptors (Lipinski definition) is 3. The lowest BCUT2D eigenvalue weighted by Crippen LogP contribution is -2.07. The fraction of sp³-hybridized carbons (Fsp3) is 0.200. The Balaban J connectivity index is 2.34. The fourth-order valence-corrected chi connectivity index (χ4v) is 2.53. The van der Waals surface area contributed by atoms with E-state index in [0.717, 1.165) is 30.0 Å². The van der Waals surface area contributed by atoms with E-state index < -0.39 is 17.5 Å². The van der Waals surface area contributed by atoms with Crippen LogP contribution in [0.2, 0.25) is 0 Å². The summed E-state index contributed by atoms with van der Waals surface area (Å²) in [5, 5.41) is 0. The van der Waals surface area contributed by atoms with Crippen molar-refractivity contribution < 1.29 is 17.9 Å². The predicted molar refractivity (Wildman–Crippen MR) is 77.1 cm³/mol. The summed E-state index contributed by atoms with van der Waals surface area (Å²) in [5.74, 6) is -1.89. The zero-order valence-corrected chi connectivity index (χ0v) is 12.3. The van der Waals surface area contributed by atoms with Crippen LogP contribution >= 0.6 is 11.8 Å². The minimum atomic E-state index is -0.699. The molecule has 0 bridgehead atoms. The molecule has 0 aliphatic heterocycles. The quantitative estimate of drug-likeness (QED) is 0.836. The van der Waals surface area contributed by atoms with E-state index in [0.29, 0.717) is 4.90 Å². The van der Waals surface area contributed by atoms with E-state index >= 15 is 0 Å². The Bertz CT molecular complexity index is 662. The molecule has 0 radical (unpaired) electrons. The van der Waals surface area contributed by atoms with Crippen LogP contribution in [-0.2, 0) is 0 Å². The van der Waals surface area contributed by atoms with Crippen LogP contribution in [0.3, 0.4) is 0 Å². The first-order valence-electron chi connectivity index (χ1n) is 6.25. The Kier molecular flexibility index (Phi) is 4.67. The summed E-state index contributed by atoms with van der Waals surface area (Å²) in [7, 11) is 0. The maximum Gasteiger partial charge on any atom is 0.167 e. The third-order valence-corrected chi connectivity index (χ3v) is 3.67. The van der Waals surface area contributed by atoms with Gasteiger partial charge in [-0.3, -0.25) is 0 Å². The Hall–Kier alpha value is -1.82. The second-order valence-corrected chi connectivity index (χ2v) is 5.75. The van der Waals surface area contributed by atoms with Crippen LogP contribution in [0.25, 0.3) is 0 Å². The molecule has 0 fully saturated rings. The van der Waals surface area contributed by atoms with Gasteiger partial charge in [-0.25, -0.2) is 13.2 Å². The SMILES string of the molecule is CC(C)Oc1cc(Sc2ccc(F)cc2F)c(N)cc1F. The van der Waals surface area contributed by atoms with Crippen LogP contribution in [-0.4, -0.2) is 6.10 Å². The van der Waals surface area contributed by atoms with E-state index in [1.807, 2.05) is 0 Å². The van der Waals surface area contributed by atoms with Gasteiger partial charge in [0.15, 0.2) is 11.6 Å². The van der Waals surface area contributed by atoms with Gasteiger partial charge in [0.25, 0.3) is 0 Å². The fourth-order valence-electron chi connectivity index (χ4n) is 1.66. The summed E-state index contributed by atoms with van der Waals surface area (Å²) >= 11 is 0.986. The van der Waals surface area contributed by atoms with Crippen molar-refractivity contribution in [3.05, 3.63) is 47.8 Å². The van der Waals surface area contributed by atoms with E-state index in [-0.39, 0.29) is 22.4 Å². The van der Waals surface area contributed by atoms with E-state index in [4.69, 9.17) is 10.5 Å². The topological polar surface area (TPSA) is 35.2 Å². The second kappa shape index (κ2) is 6.30. The highest BCUT2D eigenvalue weighted by atomic mass is 32.2. The molecule has 0 saturated carbocycles. The number of nitrogens with two attached hydrogens (primary N) is 1. The number of benzene rings is 2. The highest BCUT2D eigenvalue weighted by molar-refractivity contribution is 7.99. The van der Waals surface area contributed by atoms with Crippen molar-refractivity contribution in [2.24, 2.45) is 0 Å². The molecule has 2 aromatic carbocycles. The third kappa shape index (κ3) is 3.85. The molecule has 0 spiro atoms. The summed E-state index contributed by atoms with van der Waals surface area (Å²) in [6, 6.07) is 5.78. The predicted octanol–water partition coefficient (Wildman–Crippen LogP) is 4.62. The molecule has 0 aromatic heterocycles. The average Bonchev–Trinajstić information content (AvgIpc) is 2.37. The van der Waals surface area contributed by atoms with Crippen molar-refractivity contribution in [1.82, 2.24) is 0 Å². The first-order chi connectivity index (χ1) is 9.86. The van der Waals surface area contributed by atoms with Crippen molar-refractivity contribution in [1.29, 1.82) is 0 Å². The van der Waals surface area contributed by atoms with Gasteiger partial charge in [-0.15, -0.1) is 0 Å². The number of rotatable bonds is 4. The zero-order chi connectivity index (χ0) is 15.6. The molecule has 0 heterocycles. The van der Waals surface area contributed by atoms with E-state index in [9.17, 15) is 13.2 Å². The normalized spacial score (nSPS) is 11.0. The minimum Gasteiger partial charge on any atom is -0.488 e. The van der Waals surface area contributed by atoms with Gasteiger partial charge in [-0.1, -0.05) is 11.8 Å². The van der Waals surface area contributed by atoms with Crippen molar-refractivity contribution >= 4 is 17.4 Å². The first-order valence-corrected chi connectivity index (χ1v) is 7.07. The third-order valence-electron chi connectivity index (χ3n) is 2.54. The van der Waals surface area contributed by atoms with Gasteiger partial charge < -0.3 is 10.5 Å². The molecule has 0 aliphatic rings. The largest absolute Gasteiger partial charge is 0.488 e.